The molecule has 2 heterocycles. The lowest BCUT2D eigenvalue weighted by atomic mass is 9.85. The minimum absolute atomic E-state index is 0.0476. The Kier molecular flexibility index (Phi) is 8.43. The Bertz CT molecular complexity index is 872. The number of nitrogens with zero attached hydrogens (tertiary/aromatic N) is 2. The van der Waals surface area contributed by atoms with Crippen molar-refractivity contribution in [3.8, 4) is 0 Å². The van der Waals surface area contributed by atoms with Crippen molar-refractivity contribution < 1.29 is 9.59 Å². The highest BCUT2D eigenvalue weighted by Gasteiger charge is 2.32. The lowest BCUT2D eigenvalue weighted by molar-refractivity contribution is 0.0976. The molecule has 0 radical (unpaired) electrons. The number of carbonyl (C=O) groups excluding carboxylic acids is 2. The molecule has 2 aliphatic heterocycles. The van der Waals surface area contributed by atoms with Crippen LogP contribution in [0.1, 0.15) is 59.2 Å². The van der Waals surface area contributed by atoms with E-state index in [1.54, 1.807) is 12.1 Å². The van der Waals surface area contributed by atoms with Crippen LogP contribution in [0.25, 0.3) is 0 Å². The Balaban J connectivity index is 1.52. The van der Waals surface area contributed by atoms with E-state index in [2.05, 4.69) is 9.80 Å². The fraction of sp³-hybridized carbons (Fsp3) is 0.500. The van der Waals surface area contributed by atoms with Gasteiger partial charge in [0, 0.05) is 60.0 Å². The second-order valence-corrected chi connectivity index (χ2v) is 11.6. The average Bonchev–Trinajstić information content (AvgIpc) is 2.85. The Hall–Kier alpha value is -1.22. The Labute approximate surface area is 209 Å². The van der Waals surface area contributed by atoms with Crippen molar-refractivity contribution in [3.05, 3.63) is 46.5 Å². The molecule has 0 unspecified atom stereocenters. The zero-order chi connectivity index (χ0) is 22.5. The molecule has 2 saturated heterocycles. The number of piperidine rings is 2. The van der Waals surface area contributed by atoms with Gasteiger partial charge < -0.3 is 9.80 Å². The van der Waals surface area contributed by atoms with Crippen molar-refractivity contribution in [2.24, 2.45) is 0 Å². The standard InChI is InChI=1S/C24H28N2O2S4/c27-21-17-9-3-4-10-18(17)22(28)20(16-32-24(30)26-13-7-2-8-14-26)19(21)15-31-23(29)25-11-5-1-6-12-25/h3-4,9-10H,1-2,5-8,11-16H2. The molecule has 3 aliphatic rings. The van der Waals surface area contributed by atoms with E-state index in [0.29, 0.717) is 33.8 Å². The maximum absolute atomic E-state index is 13.4. The Morgan fingerprint density at radius 2 is 1.06 bits per heavy atom. The first-order chi connectivity index (χ1) is 15.6. The van der Waals surface area contributed by atoms with Gasteiger partial charge in [-0.3, -0.25) is 9.59 Å². The quantitative estimate of drug-likeness (QED) is 0.507. The molecule has 1 aliphatic carbocycles. The average molecular weight is 505 g/mol. The summed E-state index contributed by atoms with van der Waals surface area (Å²) in [6.07, 6.45) is 7.12. The van der Waals surface area contributed by atoms with E-state index in [9.17, 15) is 9.59 Å². The predicted octanol–water partition coefficient (Wildman–Crippen LogP) is 5.37. The molecule has 8 heteroatoms. The highest BCUT2D eigenvalue weighted by molar-refractivity contribution is 8.23. The van der Waals surface area contributed by atoms with Gasteiger partial charge in [-0.1, -0.05) is 72.2 Å². The van der Waals surface area contributed by atoms with E-state index in [-0.39, 0.29) is 11.6 Å². The van der Waals surface area contributed by atoms with Gasteiger partial charge in [-0.15, -0.1) is 0 Å². The van der Waals surface area contributed by atoms with Crippen LogP contribution in [-0.4, -0.2) is 67.7 Å². The maximum atomic E-state index is 13.4. The number of thioether (sulfide) groups is 2. The predicted molar refractivity (Wildman–Crippen MR) is 143 cm³/mol. The van der Waals surface area contributed by atoms with Crippen LogP contribution >= 0.6 is 48.0 Å². The van der Waals surface area contributed by atoms with Crippen molar-refractivity contribution in [3.63, 3.8) is 0 Å². The number of hydrogen-bond acceptors (Lipinski definition) is 6. The van der Waals surface area contributed by atoms with Crippen LogP contribution in [0.4, 0.5) is 0 Å². The maximum Gasteiger partial charge on any atom is 0.191 e. The summed E-state index contributed by atoms with van der Waals surface area (Å²) in [6, 6.07) is 7.15. The van der Waals surface area contributed by atoms with Crippen molar-refractivity contribution in [2.75, 3.05) is 37.7 Å². The molecule has 0 spiro atoms. The van der Waals surface area contributed by atoms with Gasteiger partial charge in [-0.25, -0.2) is 0 Å². The van der Waals surface area contributed by atoms with E-state index >= 15 is 0 Å². The van der Waals surface area contributed by atoms with Crippen LogP contribution in [0, 0.1) is 0 Å². The van der Waals surface area contributed by atoms with Crippen molar-refractivity contribution in [2.45, 2.75) is 38.5 Å². The third kappa shape index (κ3) is 5.46. The van der Waals surface area contributed by atoms with Crippen molar-refractivity contribution in [1.29, 1.82) is 0 Å². The smallest absolute Gasteiger partial charge is 0.191 e. The molecule has 0 bridgehead atoms. The number of carbonyl (C=O) groups is 2. The summed E-state index contributed by atoms with van der Waals surface area (Å²) in [4.78, 5) is 31.2. The van der Waals surface area contributed by atoms with Crippen LogP contribution in [0.3, 0.4) is 0 Å². The molecule has 170 valence electrons. The molecule has 4 nitrogen and oxygen atoms in total. The number of rotatable bonds is 4. The van der Waals surface area contributed by atoms with E-state index in [0.717, 1.165) is 60.5 Å². The normalized spacial score (nSPS) is 19.2. The molecule has 2 fully saturated rings. The van der Waals surface area contributed by atoms with Crippen LogP contribution < -0.4 is 0 Å². The van der Waals surface area contributed by atoms with Crippen LogP contribution in [0.5, 0.6) is 0 Å². The summed E-state index contributed by atoms with van der Waals surface area (Å²) >= 11 is 14.3. The van der Waals surface area contributed by atoms with E-state index in [1.807, 2.05) is 12.1 Å². The van der Waals surface area contributed by atoms with Gasteiger partial charge >= 0.3 is 0 Å². The third-order valence-electron chi connectivity index (χ3n) is 6.24. The number of benzene rings is 1. The summed E-state index contributed by atoms with van der Waals surface area (Å²) < 4.78 is 1.65. The molecule has 0 atom stereocenters. The zero-order valence-electron chi connectivity index (χ0n) is 18.1. The number of fused-ring (bicyclic) bond motifs is 1. The van der Waals surface area contributed by atoms with Gasteiger partial charge in [-0.2, -0.15) is 0 Å². The minimum atomic E-state index is -0.0476. The summed E-state index contributed by atoms with van der Waals surface area (Å²) in [5.74, 6) is 0.767. The number of ketones is 2. The van der Waals surface area contributed by atoms with Crippen LogP contribution in [-0.2, 0) is 0 Å². The lowest BCUT2D eigenvalue weighted by Crippen LogP contribution is -2.34. The second-order valence-electron chi connectivity index (χ2n) is 8.37. The summed E-state index contributed by atoms with van der Waals surface area (Å²) in [5.41, 5.74) is 2.19. The third-order valence-corrected chi connectivity index (χ3v) is 9.34. The SMILES string of the molecule is O=C1C(CSC(=S)N2CCCCC2)=C(CSC(=S)N2CCCCC2)C(=O)c2ccccc21. The zero-order valence-corrected chi connectivity index (χ0v) is 21.4. The fourth-order valence-electron chi connectivity index (χ4n) is 4.39. The van der Waals surface area contributed by atoms with Gasteiger partial charge in [-0.05, 0) is 38.5 Å². The van der Waals surface area contributed by atoms with Crippen molar-refractivity contribution >= 4 is 68.2 Å². The topological polar surface area (TPSA) is 40.6 Å². The second kappa shape index (κ2) is 11.3. The number of likely N-dealkylation sites (tertiary alicyclic amines) is 2. The van der Waals surface area contributed by atoms with E-state index in [1.165, 1.54) is 36.4 Å². The molecule has 32 heavy (non-hydrogen) atoms. The Morgan fingerprint density at radius 3 is 1.44 bits per heavy atom. The number of hydrogen-bond donors (Lipinski definition) is 0. The molecule has 0 N–H and O–H groups in total. The lowest BCUT2D eigenvalue weighted by Gasteiger charge is -2.30. The summed E-state index contributed by atoms with van der Waals surface area (Å²) in [7, 11) is 0. The number of Topliss-reactive ketones (excluding diaryl/α,β-unsaturated/α-hetero) is 2. The molecular formula is C24H28N2O2S4. The fourth-order valence-corrected chi connectivity index (χ4v) is 6.98. The highest BCUT2D eigenvalue weighted by Crippen LogP contribution is 2.32. The Morgan fingerprint density at radius 1 is 0.688 bits per heavy atom. The highest BCUT2D eigenvalue weighted by atomic mass is 32.2. The molecule has 0 saturated carbocycles. The van der Waals surface area contributed by atoms with Gasteiger partial charge in [0.15, 0.2) is 11.6 Å². The molecule has 1 aromatic carbocycles. The van der Waals surface area contributed by atoms with Crippen molar-refractivity contribution in [1.82, 2.24) is 9.80 Å². The molecule has 0 aromatic heterocycles. The first kappa shape index (κ1) is 23.9. The number of thiocarbonyl (C=S) groups is 2. The summed E-state index contributed by atoms with van der Waals surface area (Å²) in [5, 5.41) is 0. The molecule has 1 aromatic rings. The van der Waals surface area contributed by atoms with Gasteiger partial charge in [0.1, 0.15) is 8.64 Å². The van der Waals surface area contributed by atoms with Crippen LogP contribution in [0.15, 0.2) is 35.4 Å². The molecule has 4 rings (SSSR count). The van der Waals surface area contributed by atoms with Gasteiger partial charge in [0.25, 0.3) is 0 Å². The van der Waals surface area contributed by atoms with Gasteiger partial charge in [0.05, 0.1) is 0 Å². The largest absolute Gasteiger partial charge is 0.358 e. The van der Waals surface area contributed by atoms with E-state index < -0.39 is 0 Å². The first-order valence-electron chi connectivity index (χ1n) is 11.3. The van der Waals surface area contributed by atoms with E-state index in [4.69, 9.17) is 24.4 Å². The van der Waals surface area contributed by atoms with Crippen LogP contribution in [0.2, 0.25) is 0 Å². The molecular weight excluding hydrogens is 477 g/mol. The minimum Gasteiger partial charge on any atom is -0.358 e. The monoisotopic (exact) mass is 504 g/mol. The summed E-state index contributed by atoms with van der Waals surface area (Å²) in [6.45, 7) is 3.92. The van der Waals surface area contributed by atoms with Gasteiger partial charge in [0.2, 0.25) is 0 Å². The molecule has 0 amide bonds. The first-order valence-corrected chi connectivity index (χ1v) is 14.1.